The molecule has 0 aliphatic carbocycles. The molecule has 0 spiro atoms. The number of aromatic carboxylic acids is 2. The third-order valence-electron chi connectivity index (χ3n) is 13.7. The maximum Gasteiger partial charge on any atom is 0.335 e. The molecule has 0 atom stereocenters. The Hall–Kier alpha value is -8.97. The summed E-state index contributed by atoms with van der Waals surface area (Å²) in [5.41, 5.74) is 13.7. The van der Waals surface area contributed by atoms with Gasteiger partial charge in [0.1, 0.15) is 15.9 Å². The fourth-order valence-electron chi connectivity index (χ4n) is 9.58. The van der Waals surface area contributed by atoms with Crippen LogP contribution in [0, 0.1) is 41.5 Å². The standard InChI is InChI=1S/C54H43N7O2S2.2C7H6O2.2Zn/c1-29-23-25-35(33(5)27-29)43-45(53-55-39-19-11-13-21-41(39)64-53)49(60-51(62)37-17-9-7-15-31(37)3)58-47(43)57-48-44(36-26-24-30(2)28-34(36)6)46(54-56-40-20-12-14-22-42(40)65-54)50(59-48)61-52(63)38-18-10-8-16-32(38)4;2*8-7(9)6-4-2-1-3-5-6;;/h7-28H,1-6H3,(H3,55,56,57,58,59,60,61,62,63);2*1-5H,(H,8,9);;/p-1. The van der Waals surface area contributed by atoms with Gasteiger partial charge in [-0.05, 0) is 130 Å². The van der Waals surface area contributed by atoms with Crippen molar-refractivity contribution < 1.29 is 68.3 Å². The first kappa shape index (κ1) is 62.1. The van der Waals surface area contributed by atoms with E-state index in [1.165, 1.54) is 22.7 Å². The Morgan fingerprint density at radius 3 is 1.40 bits per heavy atom. The number of nitrogens with zero attached hydrogens (tertiary/aromatic N) is 5. The van der Waals surface area contributed by atoms with Crippen LogP contribution in [0.25, 0.3) is 53.3 Å². The summed E-state index contributed by atoms with van der Waals surface area (Å²) in [5.74, 6) is -1.04. The minimum Gasteiger partial charge on any atom is -0.478 e. The minimum atomic E-state index is -0.879. The zero-order chi connectivity index (χ0) is 58.3. The first-order valence-electron chi connectivity index (χ1n) is 26.4. The van der Waals surface area contributed by atoms with Gasteiger partial charge < -0.3 is 30.8 Å². The monoisotopic (exact) mass is 1260 g/mol. The zero-order valence-electron chi connectivity index (χ0n) is 47.5. The molecule has 17 heteroatoms. The number of aryl methyl sites for hydroxylation is 6. The van der Waals surface area contributed by atoms with Crippen LogP contribution in [0.1, 0.15) is 85.4 Å². The Morgan fingerprint density at radius 1 is 0.471 bits per heavy atom. The van der Waals surface area contributed by atoms with Crippen molar-refractivity contribution in [2.24, 2.45) is 9.98 Å². The van der Waals surface area contributed by atoms with Crippen LogP contribution in [0.2, 0.25) is 0 Å². The van der Waals surface area contributed by atoms with Gasteiger partial charge in [-0.15, -0.1) is 22.7 Å². The molecule has 85 heavy (non-hydrogen) atoms. The fourth-order valence-corrected chi connectivity index (χ4v) is 11.6. The Bertz CT molecular complexity index is 4300. The molecule has 1 aliphatic heterocycles. The van der Waals surface area contributed by atoms with Crippen LogP contribution in [0.4, 0.5) is 11.6 Å². The summed E-state index contributed by atoms with van der Waals surface area (Å²) in [6.45, 7) is 12.1. The van der Waals surface area contributed by atoms with Crippen molar-refractivity contribution in [1.82, 2.24) is 20.3 Å². The molecule has 13 nitrogen and oxygen atoms in total. The summed E-state index contributed by atoms with van der Waals surface area (Å²) >= 11 is 3.06. The van der Waals surface area contributed by atoms with Crippen LogP contribution in [0.5, 0.6) is 0 Å². The van der Waals surface area contributed by atoms with Crippen LogP contribution in [-0.4, -0.2) is 55.6 Å². The number of aliphatic imine (C=N–C) groups is 2. The Labute approximate surface area is 524 Å². The largest absolute Gasteiger partial charge is 0.478 e. The van der Waals surface area contributed by atoms with E-state index in [1.54, 1.807) is 60.7 Å². The summed E-state index contributed by atoms with van der Waals surface area (Å²) in [5, 5.41) is 24.5. The first-order valence-corrected chi connectivity index (χ1v) is 28.1. The van der Waals surface area contributed by atoms with Crippen molar-refractivity contribution >= 4 is 101 Å². The van der Waals surface area contributed by atoms with E-state index in [0.29, 0.717) is 77.8 Å². The second-order valence-corrected chi connectivity index (χ2v) is 21.7. The van der Waals surface area contributed by atoms with Crippen molar-refractivity contribution in [3.8, 4) is 21.7 Å². The van der Waals surface area contributed by atoms with E-state index in [4.69, 9.17) is 35.1 Å². The Morgan fingerprint density at radius 2 is 0.918 bits per heavy atom. The molecule has 0 saturated carbocycles. The minimum absolute atomic E-state index is 0. The second-order valence-electron chi connectivity index (χ2n) is 19.7. The van der Waals surface area contributed by atoms with Gasteiger partial charge in [-0.1, -0.05) is 151 Å². The SMILES string of the molecule is Cc1ccc(C2=C(c3nc4ccccc4s3)C(NC(=O)c3ccccc3C)=NC2=Nc2[n-]c(NC(=O)c3ccccc3C)c(-c3nc4ccccc4s3)c2-c2ccc(C)cc2C)c(C)c1.O=C(O)c1ccccc1.O=C(O)c1ccccc1.[Zn].[Zn]. The average Bonchev–Trinajstić information content (AvgIpc) is 4.40. The molecule has 12 rings (SSSR count). The number of carboxylic acids is 2. The number of nitrogens with one attached hydrogen (secondary N) is 2. The average molecular weight is 1260 g/mol. The molecule has 3 aromatic heterocycles. The van der Waals surface area contributed by atoms with Crippen LogP contribution < -0.4 is 15.6 Å². The van der Waals surface area contributed by atoms with Crippen molar-refractivity contribution in [1.29, 1.82) is 0 Å². The Balaban J connectivity index is 0.000000402. The summed E-state index contributed by atoms with van der Waals surface area (Å²) in [6.07, 6.45) is 0. The Kier molecular flexibility index (Phi) is 20.2. The summed E-state index contributed by atoms with van der Waals surface area (Å²) in [7, 11) is 0. The molecule has 0 bridgehead atoms. The number of fused-ring (bicyclic) bond motifs is 2. The summed E-state index contributed by atoms with van der Waals surface area (Å²) in [4.78, 5) is 75.2. The van der Waals surface area contributed by atoms with Gasteiger partial charge in [0, 0.05) is 78.4 Å². The normalized spacial score (nSPS) is 12.0. The summed E-state index contributed by atoms with van der Waals surface area (Å²) in [6, 6.07) is 60.1. The van der Waals surface area contributed by atoms with Gasteiger partial charge in [0.05, 0.1) is 43.0 Å². The number of thiazole rings is 2. The van der Waals surface area contributed by atoms with Gasteiger partial charge >= 0.3 is 11.9 Å². The molecule has 0 unspecified atom stereocenters. The molecule has 4 N–H and O–H groups in total. The number of benzene rings is 8. The number of hydrogen-bond acceptors (Lipinski definition) is 9. The third-order valence-corrected chi connectivity index (χ3v) is 15.8. The van der Waals surface area contributed by atoms with E-state index in [9.17, 15) is 19.2 Å². The van der Waals surface area contributed by atoms with Gasteiger partial charge in [0.15, 0.2) is 0 Å². The van der Waals surface area contributed by atoms with E-state index >= 15 is 0 Å². The predicted octanol–water partition coefficient (Wildman–Crippen LogP) is 15.5. The number of anilines is 1. The van der Waals surface area contributed by atoms with E-state index in [1.807, 2.05) is 111 Å². The second kappa shape index (κ2) is 27.6. The smallest absolute Gasteiger partial charge is 0.335 e. The number of amides is 2. The molecule has 414 valence electrons. The number of carboxylic acid groups (broad SMARTS) is 2. The molecular formula is C68H54N7O6S2Zn2-. The zero-order valence-corrected chi connectivity index (χ0v) is 55.0. The molecule has 2 amide bonds. The van der Waals surface area contributed by atoms with E-state index in [2.05, 4.69) is 74.7 Å². The molecule has 1 aliphatic rings. The number of aromatic nitrogens is 3. The van der Waals surface area contributed by atoms with Crippen molar-refractivity contribution in [2.45, 2.75) is 41.5 Å². The molecule has 0 fully saturated rings. The molecule has 0 radical (unpaired) electrons. The van der Waals surface area contributed by atoms with Crippen molar-refractivity contribution in [3.05, 3.63) is 260 Å². The maximum atomic E-state index is 14.3. The predicted molar refractivity (Wildman–Crippen MR) is 335 cm³/mol. The first-order chi connectivity index (χ1) is 40.1. The van der Waals surface area contributed by atoms with Crippen molar-refractivity contribution in [2.75, 3.05) is 5.32 Å². The topological polar surface area (TPSA) is 197 Å². The van der Waals surface area contributed by atoms with Crippen LogP contribution >= 0.6 is 22.7 Å². The quantitative estimate of drug-likeness (QED) is 0.0963. The molecule has 0 saturated heterocycles. The fraction of sp³-hybridized carbons (Fsp3) is 0.0882. The van der Waals surface area contributed by atoms with Gasteiger partial charge in [0.2, 0.25) is 5.91 Å². The maximum absolute atomic E-state index is 14.3. The van der Waals surface area contributed by atoms with Gasteiger partial charge in [-0.2, -0.15) is 0 Å². The van der Waals surface area contributed by atoms with Gasteiger partial charge in [-0.25, -0.2) is 24.5 Å². The van der Waals surface area contributed by atoms with E-state index in [-0.39, 0.29) is 50.8 Å². The molecule has 8 aromatic carbocycles. The number of rotatable bonds is 10. The number of carbonyl (C=O) groups is 4. The van der Waals surface area contributed by atoms with Gasteiger partial charge in [-0.3, -0.25) is 9.59 Å². The van der Waals surface area contributed by atoms with E-state index < -0.39 is 11.9 Å². The molecule has 4 heterocycles. The van der Waals surface area contributed by atoms with Crippen molar-refractivity contribution in [3.63, 3.8) is 0 Å². The van der Waals surface area contributed by atoms with E-state index in [0.717, 1.165) is 64.9 Å². The van der Waals surface area contributed by atoms with Crippen LogP contribution in [0.3, 0.4) is 0 Å². The summed E-state index contributed by atoms with van der Waals surface area (Å²) < 4.78 is 1.99. The molecule has 11 aromatic rings. The number of para-hydroxylation sites is 2. The van der Waals surface area contributed by atoms with Crippen LogP contribution in [0.15, 0.2) is 204 Å². The van der Waals surface area contributed by atoms with Crippen LogP contribution in [-0.2, 0) is 39.0 Å². The number of amidine groups is 2. The van der Waals surface area contributed by atoms with Gasteiger partial charge in [0.25, 0.3) is 5.91 Å². The third kappa shape index (κ3) is 14.0. The number of carbonyl (C=O) groups excluding carboxylic acids is 2. The molecular weight excluding hydrogens is 1210 g/mol. The number of hydrogen-bond donors (Lipinski definition) is 4.